The number of aryl methyl sites for hydroxylation is 1. The summed E-state index contributed by atoms with van der Waals surface area (Å²) in [4.78, 5) is 11.6. The Hall–Kier alpha value is -1.55. The van der Waals surface area contributed by atoms with Gasteiger partial charge in [0.1, 0.15) is 6.04 Å². The van der Waals surface area contributed by atoms with Gasteiger partial charge >= 0.3 is 5.97 Å². The predicted molar refractivity (Wildman–Crippen MR) is 89.7 cm³/mol. The van der Waals surface area contributed by atoms with Crippen LogP contribution in [0.15, 0.2) is 24.3 Å². The summed E-state index contributed by atoms with van der Waals surface area (Å²) < 4.78 is 4.78. The van der Waals surface area contributed by atoms with E-state index in [1.165, 1.54) is 12.7 Å². The maximum atomic E-state index is 11.6. The molecule has 0 heterocycles. The number of hydrogen-bond donors (Lipinski definition) is 2. The van der Waals surface area contributed by atoms with Crippen LogP contribution in [0.4, 0.5) is 0 Å². The van der Waals surface area contributed by atoms with Crippen molar-refractivity contribution in [1.82, 2.24) is 5.32 Å². The lowest BCUT2D eigenvalue weighted by molar-refractivity contribution is -0.142. The molecule has 22 heavy (non-hydrogen) atoms. The zero-order chi connectivity index (χ0) is 16.2. The first-order valence-electron chi connectivity index (χ1n) is 7.29. The second-order valence-corrected chi connectivity index (χ2v) is 5.96. The van der Waals surface area contributed by atoms with E-state index in [0.29, 0.717) is 24.4 Å². The lowest BCUT2D eigenvalue weighted by Crippen LogP contribution is -2.42. The molecule has 0 radical (unpaired) electrons. The molecule has 0 saturated heterocycles. The molecule has 0 fully saturated rings. The highest BCUT2D eigenvalue weighted by molar-refractivity contribution is 7.99. The maximum Gasteiger partial charge on any atom is 0.323 e. The molecule has 1 rings (SSSR count). The van der Waals surface area contributed by atoms with Gasteiger partial charge in [0.05, 0.1) is 18.7 Å². The SMILES string of the molecule is COC(=O)[C@@H](CSCCCc1ccc(C#N)cc1)NCCN. The molecular weight excluding hydrogens is 298 g/mol. The molecule has 120 valence electrons. The molecule has 0 aliphatic rings. The number of rotatable bonds is 10. The van der Waals surface area contributed by atoms with Gasteiger partial charge in [-0.2, -0.15) is 17.0 Å². The number of nitrogens with one attached hydrogen (secondary N) is 1. The standard InChI is InChI=1S/C16H23N3O2S/c1-21-16(20)15(19-9-8-17)12-22-10-2-3-13-4-6-14(11-18)7-5-13/h4-7,15,19H,2-3,8-10,12,17H2,1H3/t15-/m1/s1. The van der Waals surface area contributed by atoms with Crippen molar-refractivity contribution in [3.8, 4) is 6.07 Å². The highest BCUT2D eigenvalue weighted by Gasteiger charge is 2.17. The van der Waals surface area contributed by atoms with E-state index in [9.17, 15) is 4.79 Å². The third-order valence-corrected chi connectivity index (χ3v) is 4.29. The number of carbonyl (C=O) groups excluding carboxylic acids is 1. The van der Waals surface area contributed by atoms with Gasteiger partial charge < -0.3 is 15.8 Å². The predicted octanol–water partition coefficient (Wildman–Crippen LogP) is 1.31. The number of benzene rings is 1. The molecule has 1 aromatic carbocycles. The minimum Gasteiger partial charge on any atom is -0.468 e. The molecule has 6 heteroatoms. The van der Waals surface area contributed by atoms with E-state index in [0.717, 1.165) is 18.6 Å². The zero-order valence-electron chi connectivity index (χ0n) is 12.9. The van der Waals surface area contributed by atoms with Crippen molar-refractivity contribution in [2.45, 2.75) is 18.9 Å². The van der Waals surface area contributed by atoms with Crippen molar-refractivity contribution in [3.63, 3.8) is 0 Å². The van der Waals surface area contributed by atoms with Crippen molar-refractivity contribution in [1.29, 1.82) is 5.26 Å². The van der Waals surface area contributed by atoms with Crippen molar-refractivity contribution < 1.29 is 9.53 Å². The van der Waals surface area contributed by atoms with E-state index in [-0.39, 0.29) is 12.0 Å². The smallest absolute Gasteiger partial charge is 0.323 e. The highest BCUT2D eigenvalue weighted by atomic mass is 32.2. The van der Waals surface area contributed by atoms with Gasteiger partial charge in [-0.15, -0.1) is 0 Å². The molecule has 5 nitrogen and oxygen atoms in total. The minimum atomic E-state index is -0.298. The van der Waals surface area contributed by atoms with Crippen LogP contribution in [0.25, 0.3) is 0 Å². The molecule has 0 aliphatic carbocycles. The number of esters is 1. The van der Waals surface area contributed by atoms with Crippen molar-refractivity contribution >= 4 is 17.7 Å². The summed E-state index contributed by atoms with van der Waals surface area (Å²) in [6, 6.07) is 9.47. The molecule has 3 N–H and O–H groups in total. The minimum absolute atomic E-state index is 0.243. The van der Waals surface area contributed by atoms with Gasteiger partial charge in [-0.25, -0.2) is 0 Å². The first kappa shape index (κ1) is 18.5. The Bertz CT molecular complexity index is 485. The van der Waals surface area contributed by atoms with Crippen LogP contribution in [-0.4, -0.2) is 43.7 Å². The summed E-state index contributed by atoms with van der Waals surface area (Å²) in [6.45, 7) is 1.10. The van der Waals surface area contributed by atoms with Crippen LogP contribution in [0.1, 0.15) is 17.5 Å². The van der Waals surface area contributed by atoms with E-state index >= 15 is 0 Å². The third-order valence-electron chi connectivity index (χ3n) is 3.14. The third kappa shape index (κ3) is 6.94. The van der Waals surface area contributed by atoms with Gasteiger partial charge in [0.25, 0.3) is 0 Å². The van der Waals surface area contributed by atoms with E-state index in [1.54, 1.807) is 11.8 Å². The van der Waals surface area contributed by atoms with Gasteiger partial charge in [0.15, 0.2) is 0 Å². The van der Waals surface area contributed by atoms with Crippen LogP contribution in [0, 0.1) is 11.3 Å². The van der Waals surface area contributed by atoms with E-state index in [1.807, 2.05) is 24.3 Å². The highest BCUT2D eigenvalue weighted by Crippen LogP contribution is 2.11. The van der Waals surface area contributed by atoms with Gasteiger partial charge in [-0.1, -0.05) is 12.1 Å². The van der Waals surface area contributed by atoms with Crippen molar-refractivity contribution in [3.05, 3.63) is 35.4 Å². The first-order chi connectivity index (χ1) is 10.7. The normalized spacial score (nSPS) is 11.7. The molecule has 0 unspecified atom stereocenters. The summed E-state index contributed by atoms with van der Waals surface area (Å²) in [5.74, 6) is 1.41. The Morgan fingerprint density at radius 2 is 2.18 bits per heavy atom. The molecule has 0 aliphatic heterocycles. The number of nitrogens with two attached hydrogens (primary N) is 1. The van der Waals surface area contributed by atoms with Crippen molar-refractivity contribution in [2.24, 2.45) is 5.73 Å². The van der Waals surface area contributed by atoms with Gasteiger partial charge in [0.2, 0.25) is 0 Å². The first-order valence-corrected chi connectivity index (χ1v) is 8.44. The molecule has 0 amide bonds. The molecule has 1 atom stereocenters. The summed E-state index contributed by atoms with van der Waals surface area (Å²) in [5.41, 5.74) is 7.35. The van der Waals surface area contributed by atoms with Gasteiger partial charge in [-0.3, -0.25) is 4.79 Å². The average Bonchev–Trinajstić information content (AvgIpc) is 2.57. The fourth-order valence-electron chi connectivity index (χ4n) is 1.94. The molecule has 0 spiro atoms. The molecule has 1 aromatic rings. The Morgan fingerprint density at radius 1 is 1.45 bits per heavy atom. The van der Waals surface area contributed by atoms with Gasteiger partial charge in [-0.05, 0) is 36.3 Å². The fourth-order valence-corrected chi connectivity index (χ4v) is 2.94. The Kier molecular flexibility index (Phi) is 9.31. The molecular formula is C16H23N3O2S. The Labute approximate surface area is 136 Å². The molecule has 0 bridgehead atoms. The topological polar surface area (TPSA) is 88.1 Å². The lowest BCUT2D eigenvalue weighted by Gasteiger charge is -2.15. The van der Waals surface area contributed by atoms with E-state index < -0.39 is 0 Å². The van der Waals surface area contributed by atoms with Crippen LogP contribution in [0.2, 0.25) is 0 Å². The van der Waals surface area contributed by atoms with Crippen LogP contribution < -0.4 is 11.1 Å². The molecule has 0 aromatic heterocycles. The monoisotopic (exact) mass is 321 g/mol. The fraction of sp³-hybridized carbons (Fsp3) is 0.500. The number of methoxy groups -OCH3 is 1. The number of hydrogen-bond acceptors (Lipinski definition) is 6. The van der Waals surface area contributed by atoms with E-state index in [2.05, 4.69) is 11.4 Å². The zero-order valence-corrected chi connectivity index (χ0v) is 13.7. The van der Waals surface area contributed by atoms with Crippen LogP contribution in [-0.2, 0) is 16.0 Å². The summed E-state index contributed by atoms with van der Waals surface area (Å²) in [7, 11) is 1.40. The number of ether oxygens (including phenoxy) is 1. The van der Waals surface area contributed by atoms with Crippen LogP contribution in [0.5, 0.6) is 0 Å². The number of carbonyl (C=O) groups is 1. The van der Waals surface area contributed by atoms with Crippen LogP contribution >= 0.6 is 11.8 Å². The lowest BCUT2D eigenvalue weighted by atomic mass is 10.1. The average molecular weight is 321 g/mol. The maximum absolute atomic E-state index is 11.6. The molecule has 0 saturated carbocycles. The summed E-state index contributed by atoms with van der Waals surface area (Å²) >= 11 is 1.73. The quantitative estimate of drug-likeness (QED) is 0.499. The number of nitriles is 1. The van der Waals surface area contributed by atoms with E-state index in [4.69, 9.17) is 15.7 Å². The number of thioether (sulfide) groups is 1. The van der Waals surface area contributed by atoms with Gasteiger partial charge in [0, 0.05) is 18.8 Å². The second kappa shape index (κ2) is 11.1. The Balaban J connectivity index is 2.24. The Morgan fingerprint density at radius 3 is 2.77 bits per heavy atom. The van der Waals surface area contributed by atoms with Crippen LogP contribution in [0.3, 0.4) is 0 Å². The number of nitrogens with zero attached hydrogens (tertiary/aromatic N) is 1. The largest absolute Gasteiger partial charge is 0.468 e. The summed E-state index contributed by atoms with van der Waals surface area (Å²) in [5, 5.41) is 11.8. The second-order valence-electron chi connectivity index (χ2n) is 4.81. The van der Waals surface area contributed by atoms with Crippen molar-refractivity contribution in [2.75, 3.05) is 31.7 Å². The summed E-state index contributed by atoms with van der Waals surface area (Å²) in [6.07, 6.45) is 2.00.